The quantitative estimate of drug-likeness (QED) is 0.765. The summed E-state index contributed by atoms with van der Waals surface area (Å²) in [6.07, 6.45) is 11.1. The molecule has 0 heterocycles. The zero-order valence-corrected chi connectivity index (χ0v) is 16.9. The number of carboxylic acids is 1. The molecule has 3 saturated carbocycles. The lowest BCUT2D eigenvalue weighted by Crippen LogP contribution is -2.53. The number of rotatable bonds is 2. The van der Waals surface area contributed by atoms with Gasteiger partial charge in [-0.05, 0) is 85.9 Å². The molecule has 3 nitrogen and oxygen atoms in total. The van der Waals surface area contributed by atoms with Gasteiger partial charge in [0.2, 0.25) is 0 Å². The fourth-order valence-electron chi connectivity index (χ4n) is 7.49. The van der Waals surface area contributed by atoms with Crippen LogP contribution in [0, 0.1) is 39.9 Å². The predicted octanol–water partition coefficient (Wildman–Crippen LogP) is 3.70. The maximum Gasteiger partial charge on any atom is 0.0596 e. The summed E-state index contributed by atoms with van der Waals surface area (Å²) in [5.41, 5.74) is 0.662. The molecule has 0 unspecified atom stereocenters. The van der Waals surface area contributed by atoms with Crippen LogP contribution in [0.15, 0.2) is 11.6 Å². The van der Waals surface area contributed by atoms with E-state index in [1.54, 1.807) is 13.8 Å². The van der Waals surface area contributed by atoms with Crippen LogP contribution < -0.4 is 5.11 Å². The van der Waals surface area contributed by atoms with Crippen molar-refractivity contribution in [1.29, 1.82) is 0 Å². The van der Waals surface area contributed by atoms with Crippen molar-refractivity contribution in [3.8, 4) is 0 Å². The van der Waals surface area contributed by atoms with Crippen LogP contribution in [0.2, 0.25) is 0 Å². The topological polar surface area (TPSA) is 60.4 Å². The molecule has 3 fully saturated rings. The number of aliphatic hydroxyl groups is 1. The lowest BCUT2D eigenvalue weighted by Gasteiger charge is -2.60. The Kier molecular flexibility index (Phi) is 4.16. The molecule has 0 bridgehead atoms. The second-order valence-electron chi connectivity index (χ2n) is 10.8. The highest BCUT2D eigenvalue weighted by Crippen LogP contribution is 2.66. The normalized spacial score (nSPS) is 48.2. The Morgan fingerprint density at radius 1 is 1.12 bits per heavy atom. The maximum absolute atomic E-state index is 11.6. The van der Waals surface area contributed by atoms with Gasteiger partial charge in [0.15, 0.2) is 0 Å². The molecule has 0 radical (unpaired) electrons. The Labute approximate surface area is 158 Å². The Hall–Kier alpha value is -0.830. The summed E-state index contributed by atoms with van der Waals surface area (Å²) in [4.78, 5) is 11.6. The highest BCUT2D eigenvalue weighted by molar-refractivity contribution is 5.75. The van der Waals surface area contributed by atoms with Crippen molar-refractivity contribution in [3.63, 3.8) is 0 Å². The van der Waals surface area contributed by atoms with E-state index in [0.717, 1.165) is 43.1 Å². The predicted molar refractivity (Wildman–Crippen MR) is 100.0 cm³/mol. The van der Waals surface area contributed by atoms with Crippen LogP contribution in [-0.4, -0.2) is 17.2 Å². The molecule has 0 aromatic rings. The van der Waals surface area contributed by atoms with Gasteiger partial charge in [0.1, 0.15) is 0 Å². The summed E-state index contributed by atoms with van der Waals surface area (Å²) >= 11 is 0. The van der Waals surface area contributed by atoms with Crippen molar-refractivity contribution in [2.45, 2.75) is 85.2 Å². The monoisotopic (exact) mass is 359 g/mol. The molecule has 0 aromatic carbocycles. The Morgan fingerprint density at radius 2 is 1.81 bits per heavy atom. The number of hydrogen-bond donors (Lipinski definition) is 1. The van der Waals surface area contributed by atoms with Gasteiger partial charge in [-0.15, -0.1) is 0 Å². The second-order valence-corrected chi connectivity index (χ2v) is 10.8. The summed E-state index contributed by atoms with van der Waals surface area (Å²) in [6, 6.07) is 0. The van der Waals surface area contributed by atoms with Crippen molar-refractivity contribution >= 4 is 5.97 Å². The van der Waals surface area contributed by atoms with Gasteiger partial charge >= 0.3 is 0 Å². The van der Waals surface area contributed by atoms with Gasteiger partial charge in [-0.3, -0.25) is 0 Å². The highest BCUT2D eigenvalue weighted by Gasteiger charge is 2.59. The van der Waals surface area contributed by atoms with E-state index in [4.69, 9.17) is 0 Å². The van der Waals surface area contributed by atoms with Crippen LogP contribution in [0.4, 0.5) is 0 Å². The number of allylic oxidation sites excluding steroid dienone is 1. The third-order valence-corrected chi connectivity index (χ3v) is 9.58. The largest absolute Gasteiger partial charge is 0.549 e. The average Bonchev–Trinajstić information content (AvgIpc) is 2.89. The van der Waals surface area contributed by atoms with Crippen LogP contribution in [0.1, 0.15) is 79.1 Å². The van der Waals surface area contributed by atoms with E-state index in [1.807, 2.05) is 0 Å². The third-order valence-electron chi connectivity index (χ3n) is 9.58. The molecule has 7 atom stereocenters. The fraction of sp³-hybridized carbons (Fsp3) is 0.870. The van der Waals surface area contributed by atoms with Crippen LogP contribution in [0.5, 0.6) is 0 Å². The minimum Gasteiger partial charge on any atom is -0.549 e. The number of carboxylic acid groups (broad SMARTS) is 1. The minimum atomic E-state index is -0.950. The Morgan fingerprint density at radius 3 is 2.50 bits per heavy atom. The molecular weight excluding hydrogens is 324 g/mol. The standard InChI is InChI=1S/C23H36O3/c1-21(2,20(25)26)14-9-11-22(3)15(13-14)5-6-16-17-7-8-19(24)23(17,4)12-10-18(16)22/h9,15-19,24H,5-8,10-13H2,1-4H3,(H,25,26)/p-1/t15-,16-,17-,18-,19-,22-,23-/m0/s1. The number of aliphatic hydroxyl groups excluding tert-OH is 1. The molecule has 0 aromatic heterocycles. The molecule has 3 heteroatoms. The molecule has 0 saturated heterocycles. The van der Waals surface area contributed by atoms with Gasteiger partial charge in [-0.2, -0.15) is 0 Å². The first-order chi connectivity index (χ1) is 12.1. The van der Waals surface area contributed by atoms with Gasteiger partial charge in [0.25, 0.3) is 0 Å². The van der Waals surface area contributed by atoms with E-state index in [9.17, 15) is 15.0 Å². The summed E-state index contributed by atoms with van der Waals surface area (Å²) in [5.74, 6) is 1.80. The molecule has 4 rings (SSSR count). The lowest BCUT2D eigenvalue weighted by molar-refractivity contribution is -0.315. The number of fused-ring (bicyclic) bond motifs is 5. The highest BCUT2D eigenvalue weighted by atomic mass is 16.4. The van der Waals surface area contributed by atoms with Crippen LogP contribution >= 0.6 is 0 Å². The fourth-order valence-corrected chi connectivity index (χ4v) is 7.49. The van der Waals surface area contributed by atoms with Crippen molar-refractivity contribution < 1.29 is 15.0 Å². The van der Waals surface area contributed by atoms with Crippen LogP contribution in [-0.2, 0) is 4.79 Å². The van der Waals surface area contributed by atoms with Gasteiger partial charge in [0, 0.05) is 5.41 Å². The molecule has 1 N–H and O–H groups in total. The summed E-state index contributed by atoms with van der Waals surface area (Å²) in [6.45, 7) is 8.41. The first-order valence-electron chi connectivity index (χ1n) is 10.7. The molecular formula is C23H35O3-. The van der Waals surface area contributed by atoms with Gasteiger partial charge in [-0.1, -0.05) is 39.3 Å². The Bertz CT molecular complexity index is 635. The first kappa shape index (κ1) is 18.5. The lowest BCUT2D eigenvalue weighted by atomic mass is 9.45. The zero-order valence-electron chi connectivity index (χ0n) is 16.9. The molecule has 0 aliphatic heterocycles. The van der Waals surface area contributed by atoms with Gasteiger partial charge in [-0.25, -0.2) is 0 Å². The third kappa shape index (κ3) is 2.38. The van der Waals surface area contributed by atoms with Gasteiger partial charge < -0.3 is 15.0 Å². The summed E-state index contributed by atoms with van der Waals surface area (Å²) in [5, 5.41) is 22.2. The summed E-state index contributed by atoms with van der Waals surface area (Å²) in [7, 11) is 0. The SMILES string of the molecule is CC(C)(C(=O)[O-])C1=CC[C@@]2(C)[C@@H](CC[C@@H]3[C@@H]2CC[C@]2(C)[C@@H](O)CC[C@@H]32)C1. The van der Waals surface area contributed by atoms with E-state index in [0.29, 0.717) is 17.3 Å². The van der Waals surface area contributed by atoms with Crippen LogP contribution in [0.25, 0.3) is 0 Å². The Balaban J connectivity index is 1.61. The first-order valence-corrected chi connectivity index (χ1v) is 10.7. The second kappa shape index (κ2) is 5.83. The van der Waals surface area contributed by atoms with Crippen LogP contribution in [0.3, 0.4) is 0 Å². The van der Waals surface area contributed by atoms with E-state index < -0.39 is 11.4 Å². The molecule has 0 amide bonds. The van der Waals surface area contributed by atoms with Crippen molar-refractivity contribution in [2.75, 3.05) is 0 Å². The van der Waals surface area contributed by atoms with E-state index >= 15 is 0 Å². The molecule has 4 aliphatic carbocycles. The number of carbonyl (C=O) groups excluding carboxylic acids is 1. The average molecular weight is 360 g/mol. The minimum absolute atomic E-state index is 0.110. The smallest absolute Gasteiger partial charge is 0.0596 e. The van der Waals surface area contributed by atoms with Gasteiger partial charge in [0.05, 0.1) is 12.1 Å². The van der Waals surface area contributed by atoms with Crippen molar-refractivity contribution in [3.05, 3.63) is 11.6 Å². The number of carbonyl (C=O) groups is 1. The molecule has 0 spiro atoms. The summed E-state index contributed by atoms with van der Waals surface area (Å²) < 4.78 is 0. The molecule has 4 aliphatic rings. The number of aliphatic carboxylic acids is 1. The zero-order chi connectivity index (χ0) is 18.9. The number of hydrogen-bond acceptors (Lipinski definition) is 3. The van der Waals surface area contributed by atoms with E-state index in [2.05, 4.69) is 19.9 Å². The van der Waals surface area contributed by atoms with Crippen molar-refractivity contribution in [1.82, 2.24) is 0 Å². The molecule has 146 valence electrons. The van der Waals surface area contributed by atoms with Crippen molar-refractivity contribution in [2.24, 2.45) is 39.9 Å². The maximum atomic E-state index is 11.6. The van der Waals surface area contributed by atoms with E-state index in [1.165, 1.54) is 25.7 Å². The molecule has 26 heavy (non-hydrogen) atoms. The van der Waals surface area contributed by atoms with E-state index in [-0.39, 0.29) is 11.5 Å².